The molecule has 134 valence electrons. The highest BCUT2D eigenvalue weighted by atomic mass is 35.5. The fourth-order valence-electron chi connectivity index (χ4n) is 3.61. The minimum absolute atomic E-state index is 0.0603. The van der Waals surface area contributed by atoms with Crippen molar-refractivity contribution in [2.24, 2.45) is 5.92 Å². The van der Waals surface area contributed by atoms with Crippen molar-refractivity contribution in [1.82, 2.24) is 4.90 Å². The summed E-state index contributed by atoms with van der Waals surface area (Å²) in [4.78, 5) is 37.8. The van der Waals surface area contributed by atoms with E-state index in [1.54, 1.807) is 18.2 Å². The number of carbonyl (C=O) groups is 3. The van der Waals surface area contributed by atoms with Crippen LogP contribution in [0.3, 0.4) is 0 Å². The molecule has 0 radical (unpaired) electrons. The third-order valence-electron chi connectivity index (χ3n) is 4.84. The lowest BCUT2D eigenvalue weighted by Gasteiger charge is -2.23. The van der Waals surface area contributed by atoms with Crippen molar-refractivity contribution in [1.29, 1.82) is 0 Å². The van der Waals surface area contributed by atoms with Gasteiger partial charge in [0.2, 0.25) is 17.7 Å². The zero-order chi connectivity index (χ0) is 18.0. The van der Waals surface area contributed by atoms with Crippen LogP contribution in [0.15, 0.2) is 18.2 Å². The Hall–Kier alpha value is -2.08. The highest BCUT2D eigenvalue weighted by Gasteiger charge is 2.38. The molecule has 0 aromatic heterocycles. The second-order valence-corrected chi connectivity index (χ2v) is 7.16. The molecule has 1 aliphatic heterocycles. The van der Waals surface area contributed by atoms with Gasteiger partial charge in [-0.25, -0.2) is 0 Å². The Labute approximate surface area is 151 Å². The van der Waals surface area contributed by atoms with Gasteiger partial charge >= 0.3 is 0 Å². The van der Waals surface area contributed by atoms with Crippen LogP contribution < -0.4 is 10.6 Å². The highest BCUT2D eigenvalue weighted by Crippen LogP contribution is 2.31. The molecule has 7 heteroatoms. The Balaban J connectivity index is 1.66. The molecule has 0 bridgehead atoms. The summed E-state index contributed by atoms with van der Waals surface area (Å²) in [5, 5.41) is 5.84. The first kappa shape index (κ1) is 17.7. The summed E-state index contributed by atoms with van der Waals surface area (Å²) >= 11 is 6.14. The first-order valence-electron chi connectivity index (χ1n) is 8.61. The molecule has 3 rings (SSSR count). The van der Waals surface area contributed by atoms with Gasteiger partial charge in [-0.3, -0.25) is 14.4 Å². The van der Waals surface area contributed by atoms with Crippen LogP contribution in [0.1, 0.15) is 39.0 Å². The number of rotatable bonds is 4. The Kier molecular flexibility index (Phi) is 5.27. The van der Waals surface area contributed by atoms with Crippen LogP contribution in [-0.2, 0) is 14.4 Å². The van der Waals surface area contributed by atoms with Crippen molar-refractivity contribution < 1.29 is 14.4 Å². The van der Waals surface area contributed by atoms with Crippen molar-refractivity contribution in [3.05, 3.63) is 23.2 Å². The van der Waals surface area contributed by atoms with Gasteiger partial charge in [-0.1, -0.05) is 24.4 Å². The lowest BCUT2D eigenvalue weighted by Crippen LogP contribution is -2.35. The maximum Gasteiger partial charge on any atom is 0.229 e. The third-order valence-corrected chi connectivity index (χ3v) is 5.17. The Morgan fingerprint density at radius 2 is 1.92 bits per heavy atom. The molecule has 0 spiro atoms. The second kappa shape index (κ2) is 7.44. The number of amides is 3. The number of nitrogens with one attached hydrogen (secondary N) is 2. The summed E-state index contributed by atoms with van der Waals surface area (Å²) < 4.78 is 0. The van der Waals surface area contributed by atoms with Crippen molar-refractivity contribution in [2.75, 3.05) is 17.2 Å². The van der Waals surface area contributed by atoms with Gasteiger partial charge in [0.15, 0.2) is 0 Å². The van der Waals surface area contributed by atoms with Gasteiger partial charge in [0, 0.05) is 31.6 Å². The molecule has 1 atom stereocenters. The lowest BCUT2D eigenvalue weighted by molar-refractivity contribution is -0.130. The third kappa shape index (κ3) is 4.12. The highest BCUT2D eigenvalue weighted by molar-refractivity contribution is 6.34. The van der Waals surface area contributed by atoms with Crippen LogP contribution in [-0.4, -0.2) is 35.2 Å². The maximum atomic E-state index is 12.6. The molecule has 1 heterocycles. The molecule has 1 saturated carbocycles. The summed E-state index contributed by atoms with van der Waals surface area (Å²) in [7, 11) is 0. The minimum Gasteiger partial charge on any atom is -0.339 e. The van der Waals surface area contributed by atoms with Crippen LogP contribution >= 0.6 is 11.6 Å². The molecule has 6 nitrogen and oxygen atoms in total. The van der Waals surface area contributed by atoms with E-state index in [1.165, 1.54) is 6.92 Å². The quantitative estimate of drug-likeness (QED) is 0.863. The fourth-order valence-corrected chi connectivity index (χ4v) is 3.78. The van der Waals surface area contributed by atoms with Crippen LogP contribution in [0.4, 0.5) is 11.4 Å². The van der Waals surface area contributed by atoms with Crippen molar-refractivity contribution in [3.63, 3.8) is 0 Å². The minimum atomic E-state index is -0.367. The second-order valence-electron chi connectivity index (χ2n) is 6.75. The van der Waals surface area contributed by atoms with E-state index in [2.05, 4.69) is 10.6 Å². The zero-order valence-electron chi connectivity index (χ0n) is 14.2. The van der Waals surface area contributed by atoms with E-state index in [1.807, 2.05) is 4.90 Å². The zero-order valence-corrected chi connectivity index (χ0v) is 14.9. The topological polar surface area (TPSA) is 78.5 Å². The standard InChI is InChI=1S/C18H22ClN3O3/c1-11(23)20-13-6-7-15(19)16(9-13)21-18(25)12-8-17(24)22(10-12)14-4-2-3-5-14/h6-7,9,12,14H,2-5,8,10H2,1H3,(H,20,23)(H,21,25). The van der Waals surface area contributed by atoms with Crippen LogP contribution in [0.5, 0.6) is 0 Å². The van der Waals surface area contributed by atoms with Crippen LogP contribution in [0.25, 0.3) is 0 Å². The average molecular weight is 364 g/mol. The van der Waals surface area contributed by atoms with E-state index >= 15 is 0 Å². The predicted molar refractivity (Wildman–Crippen MR) is 96.5 cm³/mol. The van der Waals surface area contributed by atoms with Gasteiger partial charge in [0.1, 0.15) is 0 Å². The number of carbonyl (C=O) groups excluding carboxylic acids is 3. The molecule has 1 unspecified atom stereocenters. The molecular weight excluding hydrogens is 342 g/mol. The summed E-state index contributed by atoms with van der Waals surface area (Å²) in [6, 6.07) is 5.19. The molecular formula is C18H22ClN3O3. The number of halogens is 1. The summed E-state index contributed by atoms with van der Waals surface area (Å²) in [5.74, 6) is -0.720. The smallest absolute Gasteiger partial charge is 0.229 e. The molecule has 2 fully saturated rings. The van der Waals surface area contributed by atoms with Crippen molar-refractivity contribution >= 4 is 40.7 Å². The predicted octanol–water partition coefficient (Wildman–Crippen LogP) is 3.03. The van der Waals surface area contributed by atoms with Gasteiger partial charge in [-0.15, -0.1) is 0 Å². The summed E-state index contributed by atoms with van der Waals surface area (Å²) in [5.41, 5.74) is 0.993. The van der Waals surface area contributed by atoms with Crippen LogP contribution in [0, 0.1) is 5.92 Å². The SMILES string of the molecule is CC(=O)Nc1ccc(Cl)c(NC(=O)C2CC(=O)N(C3CCCC3)C2)c1. The Bertz CT molecular complexity index is 701. The molecule has 2 N–H and O–H groups in total. The summed E-state index contributed by atoms with van der Waals surface area (Å²) in [6.45, 7) is 1.88. The number of nitrogens with zero attached hydrogens (tertiary/aromatic N) is 1. The molecule has 25 heavy (non-hydrogen) atoms. The van der Waals surface area contributed by atoms with Crippen molar-refractivity contribution in [3.8, 4) is 0 Å². The fraction of sp³-hybridized carbons (Fsp3) is 0.500. The largest absolute Gasteiger partial charge is 0.339 e. The maximum absolute atomic E-state index is 12.6. The molecule has 1 aliphatic carbocycles. The van der Waals surface area contributed by atoms with Gasteiger partial charge in [-0.05, 0) is 31.0 Å². The molecule has 1 aromatic rings. The molecule has 1 aromatic carbocycles. The number of benzene rings is 1. The lowest BCUT2D eigenvalue weighted by atomic mass is 10.1. The number of anilines is 2. The van der Waals surface area contributed by atoms with E-state index in [-0.39, 0.29) is 36.1 Å². The van der Waals surface area contributed by atoms with E-state index < -0.39 is 0 Å². The number of hydrogen-bond donors (Lipinski definition) is 2. The summed E-state index contributed by atoms with van der Waals surface area (Å²) in [6.07, 6.45) is 4.61. The van der Waals surface area contributed by atoms with Gasteiger partial charge < -0.3 is 15.5 Å². The van der Waals surface area contributed by atoms with Crippen LogP contribution in [0.2, 0.25) is 5.02 Å². The normalized spacial score (nSPS) is 20.8. The van der Waals surface area contributed by atoms with Crippen molar-refractivity contribution in [2.45, 2.75) is 45.1 Å². The van der Waals surface area contributed by atoms with Gasteiger partial charge in [0.05, 0.1) is 16.6 Å². The first-order valence-corrected chi connectivity index (χ1v) is 8.99. The first-order chi connectivity index (χ1) is 11.9. The number of hydrogen-bond acceptors (Lipinski definition) is 3. The Morgan fingerprint density at radius 1 is 1.20 bits per heavy atom. The van der Waals surface area contributed by atoms with E-state index in [0.717, 1.165) is 25.7 Å². The molecule has 3 amide bonds. The van der Waals surface area contributed by atoms with Gasteiger partial charge in [-0.2, -0.15) is 0 Å². The van der Waals surface area contributed by atoms with Gasteiger partial charge in [0.25, 0.3) is 0 Å². The van der Waals surface area contributed by atoms with E-state index in [9.17, 15) is 14.4 Å². The molecule has 2 aliphatic rings. The monoisotopic (exact) mass is 363 g/mol. The van der Waals surface area contributed by atoms with E-state index in [0.29, 0.717) is 22.9 Å². The average Bonchev–Trinajstić information content (AvgIpc) is 3.19. The number of likely N-dealkylation sites (tertiary alicyclic amines) is 1. The van der Waals surface area contributed by atoms with E-state index in [4.69, 9.17) is 11.6 Å². The molecule has 1 saturated heterocycles. The Morgan fingerprint density at radius 3 is 2.60 bits per heavy atom.